The predicted octanol–water partition coefficient (Wildman–Crippen LogP) is 0.875. The van der Waals surface area contributed by atoms with Gasteiger partial charge in [-0.05, 0) is 30.5 Å². The van der Waals surface area contributed by atoms with E-state index in [9.17, 15) is 4.79 Å². The Kier molecular flexibility index (Phi) is 2.80. The van der Waals surface area contributed by atoms with Gasteiger partial charge >= 0.3 is 0 Å². The minimum Gasteiger partial charge on any atom is -0.370 e. The summed E-state index contributed by atoms with van der Waals surface area (Å²) < 4.78 is 0. The highest BCUT2D eigenvalue weighted by Gasteiger charge is 2.07. The lowest BCUT2D eigenvalue weighted by molar-refractivity contribution is -0.118. The van der Waals surface area contributed by atoms with Crippen molar-refractivity contribution >= 4 is 5.91 Å². The lowest BCUT2D eigenvalue weighted by Gasteiger charge is -2.07. The van der Waals surface area contributed by atoms with Crippen LogP contribution in [0.25, 0.3) is 0 Å². The molecule has 3 nitrogen and oxygen atoms in total. The van der Waals surface area contributed by atoms with Gasteiger partial charge in [0.15, 0.2) is 0 Å². The van der Waals surface area contributed by atoms with Gasteiger partial charge in [-0.15, -0.1) is 0 Å². The Morgan fingerprint density at radius 1 is 1.58 bits per heavy atom. The Hall–Kier alpha value is -1.38. The minimum atomic E-state index is -0.327. The van der Waals surface area contributed by atoms with Gasteiger partial charge in [0.25, 0.3) is 0 Å². The number of carbonyl (C=O) groups excluding carboxylic acids is 1. The molecule has 1 atom stereocenters. The Bertz CT molecular complexity index is 258. The molecule has 0 saturated carbocycles. The van der Waals surface area contributed by atoms with Crippen molar-refractivity contribution in [3.05, 3.63) is 37.0 Å². The standard InChI is InChI=1S/C9H11N2O/c1-7(6-9(10)12)8-2-4-11-5-3-8/h2-5,7H,1,6H2,(H2,10,12). The van der Waals surface area contributed by atoms with Crippen LogP contribution < -0.4 is 5.73 Å². The molecule has 0 spiro atoms. The molecule has 0 aliphatic heterocycles. The zero-order valence-corrected chi connectivity index (χ0v) is 6.73. The average molecular weight is 163 g/mol. The predicted molar refractivity (Wildman–Crippen MR) is 46.1 cm³/mol. The highest BCUT2D eigenvalue weighted by Crippen LogP contribution is 2.16. The van der Waals surface area contributed by atoms with E-state index in [0.717, 1.165) is 5.56 Å². The fourth-order valence-corrected chi connectivity index (χ4v) is 0.996. The fraction of sp³-hybridized carbons (Fsp3) is 0.222. The van der Waals surface area contributed by atoms with Gasteiger partial charge in [0.2, 0.25) is 5.91 Å². The average Bonchev–Trinajstić information content (AvgIpc) is 2.05. The van der Waals surface area contributed by atoms with Gasteiger partial charge < -0.3 is 5.73 Å². The van der Waals surface area contributed by atoms with Crippen molar-refractivity contribution in [2.45, 2.75) is 12.3 Å². The maximum atomic E-state index is 10.5. The third-order valence-electron chi connectivity index (χ3n) is 1.63. The number of rotatable bonds is 3. The molecule has 1 radical (unpaired) electrons. The first-order chi connectivity index (χ1) is 5.70. The highest BCUT2D eigenvalue weighted by molar-refractivity contribution is 5.74. The molecule has 2 N–H and O–H groups in total. The zero-order chi connectivity index (χ0) is 8.97. The molecule has 1 aromatic heterocycles. The van der Waals surface area contributed by atoms with Gasteiger partial charge in [-0.3, -0.25) is 9.78 Å². The molecular formula is C9H11N2O. The summed E-state index contributed by atoms with van der Waals surface area (Å²) >= 11 is 0. The number of aromatic nitrogens is 1. The molecule has 1 heterocycles. The van der Waals surface area contributed by atoms with E-state index >= 15 is 0 Å². The van der Waals surface area contributed by atoms with E-state index in [1.165, 1.54) is 0 Å². The van der Waals surface area contributed by atoms with Crippen LogP contribution in [-0.2, 0) is 4.79 Å². The summed E-state index contributed by atoms with van der Waals surface area (Å²) in [6, 6.07) is 3.67. The quantitative estimate of drug-likeness (QED) is 0.719. The van der Waals surface area contributed by atoms with Crippen molar-refractivity contribution in [3.8, 4) is 0 Å². The van der Waals surface area contributed by atoms with E-state index < -0.39 is 0 Å². The monoisotopic (exact) mass is 163 g/mol. The number of pyridine rings is 1. The van der Waals surface area contributed by atoms with Gasteiger partial charge in [-0.1, -0.05) is 0 Å². The lowest BCUT2D eigenvalue weighted by Crippen LogP contribution is -2.13. The molecular weight excluding hydrogens is 152 g/mol. The van der Waals surface area contributed by atoms with Gasteiger partial charge in [-0.25, -0.2) is 0 Å². The number of carbonyl (C=O) groups is 1. The topological polar surface area (TPSA) is 56.0 Å². The molecule has 63 valence electrons. The third-order valence-corrected chi connectivity index (χ3v) is 1.63. The molecule has 1 rings (SSSR count). The highest BCUT2D eigenvalue weighted by atomic mass is 16.1. The molecule has 0 aliphatic carbocycles. The molecule has 0 aliphatic rings. The van der Waals surface area contributed by atoms with Crippen LogP contribution in [0, 0.1) is 6.92 Å². The number of hydrogen-bond acceptors (Lipinski definition) is 2. The summed E-state index contributed by atoms with van der Waals surface area (Å²) in [6.45, 7) is 3.82. The fourth-order valence-electron chi connectivity index (χ4n) is 0.996. The Balaban J connectivity index is 2.65. The van der Waals surface area contributed by atoms with Gasteiger partial charge in [-0.2, -0.15) is 0 Å². The largest absolute Gasteiger partial charge is 0.370 e. The maximum Gasteiger partial charge on any atom is 0.218 e. The van der Waals surface area contributed by atoms with Crippen molar-refractivity contribution in [1.29, 1.82) is 0 Å². The molecule has 0 saturated heterocycles. The molecule has 3 heteroatoms. The van der Waals surface area contributed by atoms with E-state index in [1.54, 1.807) is 12.4 Å². The number of primary amides is 1. The SMILES string of the molecule is [CH2]C(CC(N)=O)c1ccncc1. The van der Waals surface area contributed by atoms with Crippen molar-refractivity contribution in [2.24, 2.45) is 5.73 Å². The van der Waals surface area contributed by atoms with E-state index in [0.29, 0.717) is 0 Å². The first-order valence-electron chi connectivity index (χ1n) is 3.71. The van der Waals surface area contributed by atoms with E-state index in [2.05, 4.69) is 11.9 Å². The van der Waals surface area contributed by atoms with Gasteiger partial charge in [0.1, 0.15) is 0 Å². The van der Waals surface area contributed by atoms with Crippen LogP contribution in [0.1, 0.15) is 17.9 Å². The molecule has 0 bridgehead atoms. The van der Waals surface area contributed by atoms with Crippen LogP contribution in [0.5, 0.6) is 0 Å². The number of nitrogens with two attached hydrogens (primary N) is 1. The molecule has 1 aromatic rings. The van der Waals surface area contributed by atoms with E-state index in [1.807, 2.05) is 12.1 Å². The van der Waals surface area contributed by atoms with Crippen LogP contribution in [-0.4, -0.2) is 10.9 Å². The molecule has 0 aromatic carbocycles. The second-order valence-corrected chi connectivity index (χ2v) is 2.65. The second-order valence-electron chi connectivity index (χ2n) is 2.65. The van der Waals surface area contributed by atoms with Crippen LogP contribution in [0.3, 0.4) is 0 Å². The van der Waals surface area contributed by atoms with E-state index in [4.69, 9.17) is 5.73 Å². The Morgan fingerprint density at radius 2 is 2.17 bits per heavy atom. The van der Waals surface area contributed by atoms with Gasteiger partial charge in [0, 0.05) is 18.8 Å². The summed E-state index contributed by atoms with van der Waals surface area (Å²) in [7, 11) is 0. The van der Waals surface area contributed by atoms with Crippen molar-refractivity contribution in [1.82, 2.24) is 4.98 Å². The second kappa shape index (κ2) is 3.85. The minimum absolute atomic E-state index is 0.0644. The van der Waals surface area contributed by atoms with Gasteiger partial charge in [0.05, 0.1) is 0 Å². The number of hydrogen-bond donors (Lipinski definition) is 1. The summed E-state index contributed by atoms with van der Waals surface area (Å²) in [5.74, 6) is -0.391. The van der Waals surface area contributed by atoms with Crippen LogP contribution in [0.15, 0.2) is 24.5 Å². The molecule has 1 unspecified atom stereocenters. The molecule has 1 amide bonds. The summed E-state index contributed by atoms with van der Waals surface area (Å²) in [6.07, 6.45) is 3.63. The molecule has 0 fully saturated rings. The van der Waals surface area contributed by atoms with Crippen molar-refractivity contribution in [2.75, 3.05) is 0 Å². The lowest BCUT2D eigenvalue weighted by atomic mass is 9.99. The molecule has 12 heavy (non-hydrogen) atoms. The summed E-state index contributed by atoms with van der Waals surface area (Å²) in [4.78, 5) is 14.4. The van der Waals surface area contributed by atoms with Crippen molar-refractivity contribution < 1.29 is 4.79 Å². The van der Waals surface area contributed by atoms with Crippen LogP contribution in [0.2, 0.25) is 0 Å². The first-order valence-corrected chi connectivity index (χ1v) is 3.71. The maximum absolute atomic E-state index is 10.5. The van der Waals surface area contributed by atoms with Crippen LogP contribution >= 0.6 is 0 Å². The Morgan fingerprint density at radius 3 is 2.67 bits per heavy atom. The number of amides is 1. The van der Waals surface area contributed by atoms with Crippen molar-refractivity contribution in [3.63, 3.8) is 0 Å². The summed E-state index contributed by atoms with van der Waals surface area (Å²) in [5, 5.41) is 0. The van der Waals surface area contributed by atoms with Crippen LogP contribution in [0.4, 0.5) is 0 Å². The normalized spacial score (nSPS) is 12.4. The Labute approximate surface area is 71.6 Å². The third kappa shape index (κ3) is 2.34. The van der Waals surface area contributed by atoms with E-state index in [-0.39, 0.29) is 18.2 Å². The number of nitrogens with zero attached hydrogens (tertiary/aromatic N) is 1. The first kappa shape index (κ1) is 8.71. The summed E-state index contributed by atoms with van der Waals surface area (Å²) in [5.41, 5.74) is 6.03. The smallest absolute Gasteiger partial charge is 0.218 e. The zero-order valence-electron chi connectivity index (χ0n) is 6.73.